The summed E-state index contributed by atoms with van der Waals surface area (Å²) in [6.45, 7) is 3.71. The van der Waals surface area contributed by atoms with Crippen molar-refractivity contribution in [3.05, 3.63) is 23.3 Å². The lowest BCUT2D eigenvalue weighted by Crippen LogP contribution is -1.99. The molecule has 0 aliphatic rings. The number of hydrogen-bond acceptors (Lipinski definition) is 3. The molecule has 1 aromatic carbocycles. The number of carbonyl (C=O) groups is 1. The second kappa shape index (κ2) is 4.82. The molecule has 0 aromatic heterocycles. The third-order valence-corrected chi connectivity index (χ3v) is 2.37. The highest BCUT2D eigenvalue weighted by Gasteiger charge is 2.12. The monoisotopic (exact) mass is 208 g/mol. The van der Waals surface area contributed by atoms with E-state index in [-0.39, 0.29) is 17.3 Å². The van der Waals surface area contributed by atoms with Crippen LogP contribution in [-0.2, 0) is 0 Å². The molecule has 0 radical (unpaired) electrons. The maximum atomic E-state index is 11.6. The van der Waals surface area contributed by atoms with Crippen LogP contribution in [-0.4, -0.2) is 16.0 Å². The lowest BCUT2D eigenvalue weighted by atomic mass is 10.0. The summed E-state index contributed by atoms with van der Waals surface area (Å²) >= 11 is 0. The number of aromatic hydroxyl groups is 2. The molecular formula is C12H16O3. The minimum absolute atomic E-state index is 0.0135. The lowest BCUT2D eigenvalue weighted by Gasteiger charge is -2.06. The molecule has 3 heteroatoms. The molecule has 15 heavy (non-hydrogen) atoms. The van der Waals surface area contributed by atoms with Gasteiger partial charge in [0.05, 0.1) is 5.56 Å². The summed E-state index contributed by atoms with van der Waals surface area (Å²) in [4.78, 5) is 11.6. The quantitative estimate of drug-likeness (QED) is 0.748. The molecule has 0 aliphatic carbocycles. The Kier molecular flexibility index (Phi) is 3.72. The van der Waals surface area contributed by atoms with Crippen molar-refractivity contribution < 1.29 is 15.0 Å². The average Bonchev–Trinajstić information content (AvgIpc) is 2.20. The Morgan fingerprint density at radius 3 is 2.53 bits per heavy atom. The summed E-state index contributed by atoms with van der Waals surface area (Å²) in [5.41, 5.74) is 0.909. The molecule has 0 unspecified atom stereocenters. The van der Waals surface area contributed by atoms with Crippen LogP contribution in [0.15, 0.2) is 12.1 Å². The molecular weight excluding hydrogens is 192 g/mol. The van der Waals surface area contributed by atoms with Crippen molar-refractivity contribution in [1.29, 1.82) is 0 Å². The van der Waals surface area contributed by atoms with Crippen molar-refractivity contribution in [3.63, 3.8) is 0 Å². The van der Waals surface area contributed by atoms with Gasteiger partial charge >= 0.3 is 0 Å². The number of unbranched alkanes of at least 4 members (excludes halogenated alkanes) is 1. The van der Waals surface area contributed by atoms with Gasteiger partial charge in [-0.3, -0.25) is 4.79 Å². The number of phenols is 2. The Bertz CT molecular complexity index is 369. The zero-order chi connectivity index (χ0) is 11.4. The van der Waals surface area contributed by atoms with Crippen LogP contribution in [0.2, 0.25) is 0 Å². The molecule has 0 spiro atoms. The van der Waals surface area contributed by atoms with Gasteiger partial charge in [0.25, 0.3) is 0 Å². The number of Topliss-reactive ketones (excluding diaryl/α,β-unsaturated/α-hetero) is 1. The van der Waals surface area contributed by atoms with Crippen molar-refractivity contribution in [2.24, 2.45) is 0 Å². The minimum atomic E-state index is -0.140. The van der Waals surface area contributed by atoms with Gasteiger partial charge < -0.3 is 10.2 Å². The molecule has 3 nitrogen and oxygen atoms in total. The minimum Gasteiger partial charge on any atom is -0.508 e. The van der Waals surface area contributed by atoms with E-state index < -0.39 is 0 Å². The van der Waals surface area contributed by atoms with E-state index in [1.165, 1.54) is 12.1 Å². The fourth-order valence-electron chi connectivity index (χ4n) is 1.38. The van der Waals surface area contributed by atoms with E-state index in [1.54, 1.807) is 6.92 Å². The summed E-state index contributed by atoms with van der Waals surface area (Å²) in [6.07, 6.45) is 2.20. The van der Waals surface area contributed by atoms with Crippen LogP contribution in [0.25, 0.3) is 0 Å². The first-order valence-electron chi connectivity index (χ1n) is 5.12. The molecule has 2 N–H and O–H groups in total. The first kappa shape index (κ1) is 11.6. The number of carbonyl (C=O) groups excluding carboxylic acids is 1. The number of phenolic OH excluding ortho intramolecular Hbond substituents is 2. The molecule has 1 rings (SSSR count). The Labute approximate surface area is 89.4 Å². The number of aryl methyl sites for hydroxylation is 1. The maximum Gasteiger partial charge on any atom is 0.166 e. The first-order valence-corrected chi connectivity index (χ1v) is 5.12. The summed E-state index contributed by atoms with van der Waals surface area (Å²) < 4.78 is 0. The highest BCUT2D eigenvalue weighted by atomic mass is 16.3. The van der Waals surface area contributed by atoms with E-state index in [2.05, 4.69) is 0 Å². The Balaban J connectivity index is 2.94. The van der Waals surface area contributed by atoms with Crippen LogP contribution < -0.4 is 0 Å². The zero-order valence-corrected chi connectivity index (χ0v) is 9.08. The smallest absolute Gasteiger partial charge is 0.166 e. The zero-order valence-electron chi connectivity index (χ0n) is 9.08. The van der Waals surface area contributed by atoms with E-state index in [1.807, 2.05) is 6.92 Å². The molecule has 0 aliphatic heterocycles. The van der Waals surface area contributed by atoms with Crippen LogP contribution in [0.5, 0.6) is 11.5 Å². The van der Waals surface area contributed by atoms with E-state index in [0.29, 0.717) is 17.5 Å². The third kappa shape index (κ3) is 2.72. The number of hydrogen-bond donors (Lipinski definition) is 2. The summed E-state index contributed by atoms with van der Waals surface area (Å²) in [5, 5.41) is 18.8. The summed E-state index contributed by atoms with van der Waals surface area (Å²) in [5.74, 6) is -0.198. The van der Waals surface area contributed by atoms with Gasteiger partial charge in [-0.15, -0.1) is 0 Å². The molecule has 0 atom stereocenters. The van der Waals surface area contributed by atoms with Gasteiger partial charge in [-0.1, -0.05) is 13.3 Å². The largest absolute Gasteiger partial charge is 0.508 e. The average molecular weight is 208 g/mol. The van der Waals surface area contributed by atoms with Gasteiger partial charge in [-0.05, 0) is 25.0 Å². The molecule has 0 amide bonds. The van der Waals surface area contributed by atoms with Gasteiger partial charge in [-0.2, -0.15) is 0 Å². The van der Waals surface area contributed by atoms with Crippen LogP contribution in [0.4, 0.5) is 0 Å². The van der Waals surface area contributed by atoms with Gasteiger partial charge in [0.1, 0.15) is 11.5 Å². The predicted octanol–water partition coefficient (Wildman–Crippen LogP) is 2.78. The van der Waals surface area contributed by atoms with Crippen LogP contribution in [0.3, 0.4) is 0 Å². The Morgan fingerprint density at radius 1 is 1.27 bits per heavy atom. The predicted molar refractivity (Wildman–Crippen MR) is 58.4 cm³/mol. The fourth-order valence-corrected chi connectivity index (χ4v) is 1.38. The van der Waals surface area contributed by atoms with Crippen molar-refractivity contribution in [2.75, 3.05) is 0 Å². The van der Waals surface area contributed by atoms with Crippen molar-refractivity contribution >= 4 is 5.78 Å². The van der Waals surface area contributed by atoms with Crippen LogP contribution in [0.1, 0.15) is 42.1 Å². The Morgan fingerprint density at radius 2 is 1.93 bits per heavy atom. The highest BCUT2D eigenvalue weighted by molar-refractivity contribution is 5.98. The second-order valence-corrected chi connectivity index (χ2v) is 3.68. The lowest BCUT2D eigenvalue weighted by molar-refractivity contribution is 0.0977. The van der Waals surface area contributed by atoms with Crippen molar-refractivity contribution in [2.45, 2.75) is 33.1 Å². The van der Waals surface area contributed by atoms with E-state index in [4.69, 9.17) is 0 Å². The SMILES string of the molecule is CCCCC(=O)c1cc(C)c(O)cc1O. The molecule has 82 valence electrons. The van der Waals surface area contributed by atoms with Gasteiger partial charge in [0.15, 0.2) is 5.78 Å². The maximum absolute atomic E-state index is 11.6. The van der Waals surface area contributed by atoms with Gasteiger partial charge in [0, 0.05) is 12.5 Å². The van der Waals surface area contributed by atoms with E-state index >= 15 is 0 Å². The molecule has 0 saturated heterocycles. The molecule has 0 saturated carbocycles. The molecule has 0 heterocycles. The van der Waals surface area contributed by atoms with Crippen LogP contribution >= 0.6 is 0 Å². The number of ketones is 1. The van der Waals surface area contributed by atoms with Crippen molar-refractivity contribution in [3.8, 4) is 11.5 Å². The number of rotatable bonds is 4. The van der Waals surface area contributed by atoms with E-state index in [9.17, 15) is 15.0 Å². The van der Waals surface area contributed by atoms with Crippen LogP contribution in [0, 0.1) is 6.92 Å². The van der Waals surface area contributed by atoms with Gasteiger partial charge in [0.2, 0.25) is 0 Å². The fraction of sp³-hybridized carbons (Fsp3) is 0.417. The van der Waals surface area contributed by atoms with Crippen molar-refractivity contribution in [1.82, 2.24) is 0 Å². The Hall–Kier alpha value is -1.51. The standard InChI is InChI=1S/C12H16O3/c1-3-4-5-10(13)9-6-8(2)11(14)7-12(9)15/h6-7,14-15H,3-5H2,1-2H3. The topological polar surface area (TPSA) is 57.5 Å². The van der Waals surface area contributed by atoms with Gasteiger partial charge in [-0.25, -0.2) is 0 Å². The summed E-state index contributed by atoms with van der Waals surface area (Å²) in [7, 11) is 0. The molecule has 0 fully saturated rings. The highest BCUT2D eigenvalue weighted by Crippen LogP contribution is 2.27. The normalized spacial score (nSPS) is 10.3. The molecule has 1 aromatic rings. The first-order chi connectivity index (χ1) is 7.06. The molecule has 0 bridgehead atoms. The number of benzene rings is 1. The summed E-state index contributed by atoms with van der Waals surface area (Å²) in [6, 6.07) is 2.75. The van der Waals surface area contributed by atoms with E-state index in [0.717, 1.165) is 12.8 Å². The third-order valence-electron chi connectivity index (χ3n) is 2.37. The second-order valence-electron chi connectivity index (χ2n) is 3.68.